The Hall–Kier alpha value is -1.06. The predicted molar refractivity (Wildman–Crippen MR) is 50.4 cm³/mol. The largest absolute Gasteiger partial charge is 0.416 e. The highest BCUT2D eigenvalue weighted by molar-refractivity contribution is 5.22. The van der Waals surface area contributed by atoms with Gasteiger partial charge in [-0.15, -0.1) is 0 Å². The van der Waals surface area contributed by atoms with Gasteiger partial charge >= 0.3 is 6.18 Å². The Morgan fingerprint density at radius 1 is 1.20 bits per heavy atom. The quantitative estimate of drug-likeness (QED) is 0.695. The van der Waals surface area contributed by atoms with Gasteiger partial charge in [-0.1, -0.05) is 12.8 Å². The van der Waals surface area contributed by atoms with Gasteiger partial charge in [-0.2, -0.15) is 13.2 Å². The van der Waals surface area contributed by atoms with Crippen LogP contribution in [0.1, 0.15) is 42.9 Å². The molecule has 0 saturated heterocycles. The van der Waals surface area contributed by atoms with Gasteiger partial charge in [0.05, 0.1) is 5.56 Å². The summed E-state index contributed by atoms with van der Waals surface area (Å²) in [4.78, 5) is 4.03. The molecule has 1 heterocycles. The van der Waals surface area contributed by atoms with Crippen LogP contribution in [0.5, 0.6) is 0 Å². The molecule has 0 unspecified atom stereocenters. The number of rotatable bonds is 1. The molecule has 82 valence electrons. The highest BCUT2D eigenvalue weighted by Gasteiger charge is 2.31. The van der Waals surface area contributed by atoms with Crippen molar-refractivity contribution < 1.29 is 13.2 Å². The fourth-order valence-corrected chi connectivity index (χ4v) is 2.07. The van der Waals surface area contributed by atoms with E-state index in [-0.39, 0.29) is 5.92 Å². The van der Waals surface area contributed by atoms with Crippen LogP contribution in [0.3, 0.4) is 0 Å². The lowest BCUT2D eigenvalue weighted by atomic mass is 10.0. The fraction of sp³-hybridized carbons (Fsp3) is 0.545. The predicted octanol–water partition coefficient (Wildman–Crippen LogP) is 3.76. The standard InChI is InChI=1S/C11H12F3N/c12-11(13,14)9-5-6-15-10(7-9)8-3-1-2-4-8/h5-8H,1-4H2. The number of hydrogen-bond acceptors (Lipinski definition) is 1. The van der Waals surface area contributed by atoms with Crippen LogP contribution in [0.4, 0.5) is 13.2 Å². The summed E-state index contributed by atoms with van der Waals surface area (Å²) in [6, 6.07) is 2.22. The van der Waals surface area contributed by atoms with Gasteiger partial charge < -0.3 is 0 Å². The van der Waals surface area contributed by atoms with Crippen LogP contribution in [0.15, 0.2) is 18.3 Å². The molecule has 0 N–H and O–H groups in total. The monoisotopic (exact) mass is 215 g/mol. The lowest BCUT2D eigenvalue weighted by Crippen LogP contribution is -2.07. The Kier molecular flexibility index (Phi) is 2.67. The Morgan fingerprint density at radius 2 is 1.87 bits per heavy atom. The summed E-state index contributed by atoms with van der Waals surface area (Å²) in [5.74, 6) is 0.229. The number of aromatic nitrogens is 1. The van der Waals surface area contributed by atoms with Crippen LogP contribution < -0.4 is 0 Å². The van der Waals surface area contributed by atoms with Crippen molar-refractivity contribution >= 4 is 0 Å². The molecule has 2 rings (SSSR count). The highest BCUT2D eigenvalue weighted by atomic mass is 19.4. The summed E-state index contributed by atoms with van der Waals surface area (Å²) < 4.78 is 37.3. The minimum atomic E-state index is -4.25. The molecule has 1 aliphatic rings. The van der Waals surface area contributed by atoms with E-state index in [2.05, 4.69) is 4.98 Å². The van der Waals surface area contributed by atoms with E-state index in [4.69, 9.17) is 0 Å². The number of halogens is 3. The third-order valence-electron chi connectivity index (χ3n) is 2.88. The first-order valence-electron chi connectivity index (χ1n) is 5.10. The molecule has 1 aliphatic carbocycles. The molecule has 1 aromatic heterocycles. The van der Waals surface area contributed by atoms with Crippen molar-refractivity contribution in [1.82, 2.24) is 4.98 Å². The Bertz CT molecular complexity index is 340. The maximum Gasteiger partial charge on any atom is 0.416 e. The summed E-state index contributed by atoms with van der Waals surface area (Å²) in [7, 11) is 0. The van der Waals surface area contributed by atoms with Crippen molar-refractivity contribution in [3.05, 3.63) is 29.6 Å². The van der Waals surface area contributed by atoms with Gasteiger partial charge in [0.2, 0.25) is 0 Å². The first-order valence-corrected chi connectivity index (χ1v) is 5.10. The van der Waals surface area contributed by atoms with Crippen LogP contribution in [-0.2, 0) is 6.18 Å². The van der Waals surface area contributed by atoms with Crippen molar-refractivity contribution in [2.75, 3.05) is 0 Å². The second kappa shape index (κ2) is 3.83. The molecule has 1 saturated carbocycles. The maximum absolute atomic E-state index is 12.4. The highest BCUT2D eigenvalue weighted by Crippen LogP contribution is 2.35. The molecule has 0 atom stereocenters. The summed E-state index contributed by atoms with van der Waals surface area (Å²) in [6.45, 7) is 0. The first-order chi connectivity index (χ1) is 7.07. The van der Waals surface area contributed by atoms with E-state index in [0.29, 0.717) is 5.69 Å². The smallest absolute Gasteiger partial charge is 0.261 e. The number of pyridine rings is 1. The molecule has 4 heteroatoms. The van der Waals surface area contributed by atoms with Gasteiger partial charge in [-0.3, -0.25) is 4.98 Å². The molecule has 0 bridgehead atoms. The lowest BCUT2D eigenvalue weighted by molar-refractivity contribution is -0.137. The van der Waals surface area contributed by atoms with Gasteiger partial charge in [0.1, 0.15) is 0 Å². The van der Waals surface area contributed by atoms with Crippen LogP contribution in [0.2, 0.25) is 0 Å². The van der Waals surface area contributed by atoms with Crippen LogP contribution in [-0.4, -0.2) is 4.98 Å². The summed E-state index contributed by atoms with van der Waals surface area (Å²) in [6.07, 6.45) is 1.14. The zero-order chi connectivity index (χ0) is 10.9. The van der Waals surface area contributed by atoms with Gasteiger partial charge in [-0.25, -0.2) is 0 Å². The van der Waals surface area contributed by atoms with Crippen molar-refractivity contribution in [3.8, 4) is 0 Å². The van der Waals surface area contributed by atoms with Gasteiger partial charge in [-0.05, 0) is 25.0 Å². The normalized spacial score (nSPS) is 18.3. The average Bonchev–Trinajstić information content (AvgIpc) is 2.69. The molecule has 1 nitrogen and oxygen atoms in total. The molecule has 0 radical (unpaired) electrons. The third-order valence-corrected chi connectivity index (χ3v) is 2.88. The van der Waals surface area contributed by atoms with Gasteiger partial charge in [0.25, 0.3) is 0 Å². The molecular formula is C11H12F3N. The number of hydrogen-bond donors (Lipinski definition) is 0. The molecule has 0 aromatic carbocycles. The Labute approximate surface area is 86.3 Å². The minimum absolute atomic E-state index is 0.229. The Morgan fingerprint density at radius 3 is 2.47 bits per heavy atom. The topological polar surface area (TPSA) is 12.9 Å². The maximum atomic E-state index is 12.4. The fourth-order valence-electron chi connectivity index (χ4n) is 2.07. The second-order valence-corrected chi connectivity index (χ2v) is 3.95. The van der Waals surface area contributed by atoms with Gasteiger partial charge in [0, 0.05) is 17.8 Å². The van der Waals surface area contributed by atoms with E-state index in [1.165, 1.54) is 12.3 Å². The number of nitrogens with zero attached hydrogens (tertiary/aromatic N) is 1. The van der Waals surface area contributed by atoms with E-state index in [1.807, 2.05) is 0 Å². The Balaban J connectivity index is 2.26. The van der Waals surface area contributed by atoms with E-state index < -0.39 is 11.7 Å². The molecule has 0 amide bonds. The van der Waals surface area contributed by atoms with Crippen molar-refractivity contribution in [2.24, 2.45) is 0 Å². The zero-order valence-electron chi connectivity index (χ0n) is 8.22. The lowest BCUT2D eigenvalue weighted by Gasteiger charge is -2.11. The SMILES string of the molecule is FC(F)(F)c1ccnc(C2CCCC2)c1. The zero-order valence-corrected chi connectivity index (χ0v) is 8.22. The van der Waals surface area contributed by atoms with Gasteiger partial charge in [0.15, 0.2) is 0 Å². The minimum Gasteiger partial charge on any atom is -0.261 e. The van der Waals surface area contributed by atoms with Crippen molar-refractivity contribution in [2.45, 2.75) is 37.8 Å². The van der Waals surface area contributed by atoms with E-state index in [1.54, 1.807) is 0 Å². The molecule has 1 fully saturated rings. The first kappa shape index (κ1) is 10.5. The number of alkyl halides is 3. The molecule has 1 aromatic rings. The molecular weight excluding hydrogens is 203 g/mol. The summed E-state index contributed by atoms with van der Waals surface area (Å²) in [5, 5.41) is 0. The molecule has 0 spiro atoms. The van der Waals surface area contributed by atoms with E-state index >= 15 is 0 Å². The van der Waals surface area contributed by atoms with Crippen LogP contribution >= 0.6 is 0 Å². The average molecular weight is 215 g/mol. The third kappa shape index (κ3) is 2.30. The van der Waals surface area contributed by atoms with Crippen molar-refractivity contribution in [3.63, 3.8) is 0 Å². The molecule has 15 heavy (non-hydrogen) atoms. The van der Waals surface area contributed by atoms with Crippen LogP contribution in [0, 0.1) is 0 Å². The van der Waals surface area contributed by atoms with Crippen molar-refractivity contribution in [1.29, 1.82) is 0 Å². The summed E-state index contributed by atoms with van der Waals surface area (Å²) in [5.41, 5.74) is 0.0155. The van der Waals surface area contributed by atoms with E-state index in [0.717, 1.165) is 31.7 Å². The second-order valence-electron chi connectivity index (χ2n) is 3.95. The van der Waals surface area contributed by atoms with E-state index in [9.17, 15) is 13.2 Å². The van der Waals surface area contributed by atoms with Crippen LogP contribution in [0.25, 0.3) is 0 Å². The molecule has 0 aliphatic heterocycles. The summed E-state index contributed by atoms with van der Waals surface area (Å²) >= 11 is 0.